The number of Topliss-reactive ketones (excluding diaryl/α,β-unsaturated/α-hetero) is 1. The van der Waals surface area contributed by atoms with Gasteiger partial charge in [-0.3, -0.25) is 4.79 Å². The number of ether oxygens (including phenoxy) is 2. The Morgan fingerprint density at radius 1 is 1.10 bits per heavy atom. The van der Waals surface area contributed by atoms with Crippen molar-refractivity contribution in [3.05, 3.63) is 29.8 Å². The van der Waals surface area contributed by atoms with Gasteiger partial charge in [-0.15, -0.1) is 0 Å². The van der Waals surface area contributed by atoms with E-state index in [2.05, 4.69) is 0 Å². The van der Waals surface area contributed by atoms with E-state index >= 15 is 0 Å². The van der Waals surface area contributed by atoms with Crippen LogP contribution in [-0.4, -0.2) is 24.0 Å². The molecule has 0 radical (unpaired) electrons. The Hall–Kier alpha value is -1.84. The monoisotopic (exact) mass is 278 g/mol. The van der Waals surface area contributed by atoms with Crippen molar-refractivity contribution in [1.82, 2.24) is 0 Å². The predicted octanol–water partition coefficient (Wildman–Crippen LogP) is 3.39. The van der Waals surface area contributed by atoms with Crippen LogP contribution in [0.15, 0.2) is 24.3 Å². The van der Waals surface area contributed by atoms with E-state index in [1.54, 1.807) is 45.0 Å². The molecule has 4 heteroatoms. The molecule has 0 N–H and O–H groups in total. The summed E-state index contributed by atoms with van der Waals surface area (Å²) in [6, 6.07) is 6.83. The summed E-state index contributed by atoms with van der Waals surface area (Å²) >= 11 is 0. The molecule has 0 amide bonds. The maximum atomic E-state index is 11.7. The molecule has 20 heavy (non-hydrogen) atoms. The zero-order chi connectivity index (χ0) is 15.2. The third kappa shape index (κ3) is 4.37. The lowest BCUT2D eigenvalue weighted by Gasteiger charge is -2.24. The normalized spacial score (nSPS) is 11.0. The van der Waals surface area contributed by atoms with Crippen LogP contribution >= 0.6 is 0 Å². The number of esters is 1. The standard InChI is InChI=1S/C16H22O4/c1-5-7-14(17)12-8-10-13(11-9-12)20-16(3,4)15(18)19-6-2/h8-11H,5-7H2,1-4H3. The molecule has 0 fully saturated rings. The third-order valence-electron chi connectivity index (χ3n) is 2.79. The highest BCUT2D eigenvalue weighted by molar-refractivity contribution is 5.96. The van der Waals surface area contributed by atoms with E-state index in [1.165, 1.54) is 0 Å². The maximum Gasteiger partial charge on any atom is 0.349 e. The fraction of sp³-hybridized carbons (Fsp3) is 0.500. The van der Waals surface area contributed by atoms with Crippen molar-refractivity contribution in [2.75, 3.05) is 6.61 Å². The van der Waals surface area contributed by atoms with Gasteiger partial charge in [0.2, 0.25) is 0 Å². The van der Waals surface area contributed by atoms with E-state index in [-0.39, 0.29) is 5.78 Å². The maximum absolute atomic E-state index is 11.7. The molecule has 0 saturated heterocycles. The van der Waals surface area contributed by atoms with E-state index in [4.69, 9.17) is 9.47 Å². The van der Waals surface area contributed by atoms with E-state index in [9.17, 15) is 9.59 Å². The fourth-order valence-corrected chi connectivity index (χ4v) is 1.72. The fourth-order valence-electron chi connectivity index (χ4n) is 1.72. The molecule has 0 aliphatic rings. The molecular weight excluding hydrogens is 256 g/mol. The summed E-state index contributed by atoms with van der Waals surface area (Å²) in [5.41, 5.74) is -0.390. The first-order valence-corrected chi connectivity index (χ1v) is 6.90. The molecule has 0 aromatic heterocycles. The Balaban J connectivity index is 2.74. The second kappa shape index (κ2) is 7.08. The van der Waals surface area contributed by atoms with Crippen molar-refractivity contribution < 1.29 is 19.1 Å². The summed E-state index contributed by atoms with van der Waals surface area (Å²) in [6.07, 6.45) is 1.36. The number of carbonyl (C=O) groups is 2. The molecule has 0 spiro atoms. The van der Waals surface area contributed by atoms with Crippen LogP contribution < -0.4 is 4.74 Å². The van der Waals surface area contributed by atoms with E-state index < -0.39 is 11.6 Å². The number of ketones is 1. The van der Waals surface area contributed by atoms with Gasteiger partial charge in [0, 0.05) is 12.0 Å². The van der Waals surface area contributed by atoms with Crippen LogP contribution in [0.25, 0.3) is 0 Å². The molecule has 0 aliphatic heterocycles. The van der Waals surface area contributed by atoms with Crippen molar-refractivity contribution in [3.8, 4) is 5.75 Å². The molecule has 0 unspecified atom stereocenters. The van der Waals surface area contributed by atoms with Gasteiger partial charge in [-0.05, 0) is 51.5 Å². The zero-order valence-electron chi connectivity index (χ0n) is 12.6. The molecule has 0 aliphatic carbocycles. The summed E-state index contributed by atoms with van der Waals surface area (Å²) in [7, 11) is 0. The molecule has 4 nitrogen and oxygen atoms in total. The lowest BCUT2D eigenvalue weighted by molar-refractivity contribution is -0.158. The van der Waals surface area contributed by atoms with Gasteiger partial charge < -0.3 is 9.47 Å². The second-order valence-electron chi connectivity index (χ2n) is 5.03. The second-order valence-corrected chi connectivity index (χ2v) is 5.03. The van der Waals surface area contributed by atoms with E-state index in [0.717, 1.165) is 6.42 Å². The van der Waals surface area contributed by atoms with Gasteiger partial charge in [0.05, 0.1) is 6.61 Å². The van der Waals surface area contributed by atoms with Gasteiger partial charge in [0.15, 0.2) is 11.4 Å². The van der Waals surface area contributed by atoms with Crippen LogP contribution in [0.3, 0.4) is 0 Å². The quantitative estimate of drug-likeness (QED) is 0.566. The molecule has 0 saturated carbocycles. The first-order valence-electron chi connectivity index (χ1n) is 6.90. The highest BCUT2D eigenvalue weighted by Crippen LogP contribution is 2.20. The van der Waals surface area contributed by atoms with Crippen LogP contribution in [0.1, 0.15) is 50.9 Å². The summed E-state index contributed by atoms with van der Waals surface area (Å²) in [6.45, 7) is 7.34. The van der Waals surface area contributed by atoms with Gasteiger partial charge in [0.25, 0.3) is 0 Å². The Bertz CT molecular complexity index is 460. The van der Waals surface area contributed by atoms with Crippen molar-refractivity contribution >= 4 is 11.8 Å². The Kier molecular flexibility index (Phi) is 5.74. The lowest BCUT2D eigenvalue weighted by atomic mass is 10.1. The molecule has 0 bridgehead atoms. The highest BCUT2D eigenvalue weighted by Gasteiger charge is 2.31. The molecular formula is C16H22O4. The predicted molar refractivity (Wildman–Crippen MR) is 77.0 cm³/mol. The summed E-state index contributed by atoms with van der Waals surface area (Å²) in [5.74, 6) is 0.242. The molecule has 1 aromatic carbocycles. The first-order chi connectivity index (χ1) is 9.40. The average molecular weight is 278 g/mol. The molecule has 0 heterocycles. The van der Waals surface area contributed by atoms with Crippen LogP contribution in [0.5, 0.6) is 5.75 Å². The number of hydrogen-bond acceptors (Lipinski definition) is 4. The van der Waals surface area contributed by atoms with E-state index in [1.807, 2.05) is 6.92 Å². The lowest BCUT2D eigenvalue weighted by Crippen LogP contribution is -2.39. The van der Waals surface area contributed by atoms with Crippen LogP contribution in [0, 0.1) is 0 Å². The summed E-state index contributed by atoms with van der Waals surface area (Å²) in [4.78, 5) is 23.4. The number of rotatable bonds is 7. The van der Waals surface area contributed by atoms with E-state index in [0.29, 0.717) is 24.3 Å². The Morgan fingerprint density at radius 3 is 2.20 bits per heavy atom. The van der Waals surface area contributed by atoms with Crippen LogP contribution in [0.2, 0.25) is 0 Å². The summed E-state index contributed by atoms with van der Waals surface area (Å²) < 4.78 is 10.6. The highest BCUT2D eigenvalue weighted by atomic mass is 16.6. The van der Waals surface area contributed by atoms with Gasteiger partial charge in [0.1, 0.15) is 5.75 Å². The Labute approximate surface area is 120 Å². The van der Waals surface area contributed by atoms with Gasteiger partial charge in [-0.2, -0.15) is 0 Å². The topological polar surface area (TPSA) is 52.6 Å². The van der Waals surface area contributed by atoms with Crippen molar-refractivity contribution in [3.63, 3.8) is 0 Å². The Morgan fingerprint density at radius 2 is 1.70 bits per heavy atom. The minimum absolute atomic E-state index is 0.115. The molecule has 1 rings (SSSR count). The SMILES string of the molecule is CCCC(=O)c1ccc(OC(C)(C)C(=O)OCC)cc1. The van der Waals surface area contributed by atoms with Gasteiger partial charge >= 0.3 is 5.97 Å². The third-order valence-corrected chi connectivity index (χ3v) is 2.79. The number of benzene rings is 1. The smallest absolute Gasteiger partial charge is 0.349 e. The average Bonchev–Trinajstić information content (AvgIpc) is 2.39. The number of hydrogen-bond donors (Lipinski definition) is 0. The molecule has 110 valence electrons. The minimum Gasteiger partial charge on any atom is -0.476 e. The van der Waals surface area contributed by atoms with Crippen molar-refractivity contribution in [2.24, 2.45) is 0 Å². The zero-order valence-corrected chi connectivity index (χ0v) is 12.6. The van der Waals surface area contributed by atoms with Crippen LogP contribution in [0.4, 0.5) is 0 Å². The molecule has 1 aromatic rings. The van der Waals surface area contributed by atoms with Crippen LogP contribution in [-0.2, 0) is 9.53 Å². The summed E-state index contributed by atoms with van der Waals surface area (Å²) in [5, 5.41) is 0. The van der Waals surface area contributed by atoms with Crippen molar-refractivity contribution in [2.45, 2.75) is 46.1 Å². The number of carbonyl (C=O) groups excluding carboxylic acids is 2. The first kappa shape index (κ1) is 16.2. The van der Waals surface area contributed by atoms with Crippen molar-refractivity contribution in [1.29, 1.82) is 0 Å². The minimum atomic E-state index is -1.05. The largest absolute Gasteiger partial charge is 0.476 e. The van der Waals surface area contributed by atoms with Gasteiger partial charge in [-0.25, -0.2) is 4.79 Å². The molecule has 0 atom stereocenters. The van der Waals surface area contributed by atoms with Gasteiger partial charge in [-0.1, -0.05) is 6.92 Å².